The summed E-state index contributed by atoms with van der Waals surface area (Å²) in [5, 5.41) is 5.23. The van der Waals surface area contributed by atoms with Gasteiger partial charge < -0.3 is 9.32 Å². The maximum absolute atomic E-state index is 13.9. The molecule has 1 aromatic heterocycles. The second-order valence-corrected chi connectivity index (χ2v) is 12.5. The predicted molar refractivity (Wildman–Crippen MR) is 129 cm³/mol. The molecule has 34 heavy (non-hydrogen) atoms. The van der Waals surface area contributed by atoms with Crippen molar-refractivity contribution in [2.45, 2.75) is 68.5 Å². The van der Waals surface area contributed by atoms with Gasteiger partial charge >= 0.3 is 0 Å². The average Bonchev–Trinajstić information content (AvgIpc) is 3.29. The number of hydrogen-bond donors (Lipinski definition) is 1. The molecule has 0 saturated heterocycles. The smallest absolute Gasteiger partial charge is 0.238 e. The van der Waals surface area contributed by atoms with Crippen molar-refractivity contribution in [2.24, 2.45) is 22.9 Å². The summed E-state index contributed by atoms with van der Waals surface area (Å²) >= 11 is 0. The molecule has 1 amide bonds. The number of nitrogens with two attached hydrogens (primary N) is 1. The van der Waals surface area contributed by atoms with Crippen LogP contribution < -0.4 is 5.14 Å². The molecule has 1 heterocycles. The van der Waals surface area contributed by atoms with E-state index in [-0.39, 0.29) is 22.4 Å². The van der Waals surface area contributed by atoms with Crippen LogP contribution in [0, 0.1) is 17.8 Å². The van der Waals surface area contributed by atoms with E-state index in [1.807, 2.05) is 31.0 Å². The highest BCUT2D eigenvalue weighted by molar-refractivity contribution is 7.89. The first kappa shape index (κ1) is 23.6. The van der Waals surface area contributed by atoms with Crippen LogP contribution >= 0.6 is 0 Å². The number of benzene rings is 1. The van der Waals surface area contributed by atoms with Gasteiger partial charge in [-0.15, -0.1) is 0 Å². The molecule has 0 aliphatic heterocycles. The maximum atomic E-state index is 13.9. The van der Waals surface area contributed by atoms with Gasteiger partial charge in [-0.1, -0.05) is 12.1 Å². The molecule has 4 aliphatic carbocycles. The summed E-state index contributed by atoms with van der Waals surface area (Å²) in [6.07, 6.45) is 8.99. The lowest BCUT2D eigenvalue weighted by molar-refractivity contribution is -0.154. The molecule has 0 radical (unpaired) electrons. The highest BCUT2D eigenvalue weighted by Crippen LogP contribution is 2.58. The van der Waals surface area contributed by atoms with E-state index in [4.69, 9.17) is 9.56 Å². The molecule has 0 unspecified atom stereocenters. The van der Waals surface area contributed by atoms with E-state index in [1.165, 1.54) is 31.4 Å². The number of hydrogen-bond acceptors (Lipinski definition) is 5. The van der Waals surface area contributed by atoms with E-state index < -0.39 is 10.0 Å². The van der Waals surface area contributed by atoms with E-state index in [2.05, 4.69) is 4.90 Å². The fraction of sp³-hybridized carbons (Fsp3) is 0.577. The number of carbonyl (C=O) groups is 1. The fourth-order valence-corrected chi connectivity index (χ4v) is 7.62. The van der Waals surface area contributed by atoms with Crippen LogP contribution in [0.3, 0.4) is 0 Å². The molecule has 6 rings (SSSR count). The monoisotopic (exact) mass is 485 g/mol. The number of likely N-dealkylation sites (N-methyl/N-ethyl adjacent to an activating group) is 1. The number of primary sulfonamides is 1. The summed E-state index contributed by atoms with van der Waals surface area (Å²) in [6.45, 7) is 2.84. The number of sulfonamides is 1. The summed E-state index contributed by atoms with van der Waals surface area (Å²) in [5.41, 5.74) is 0.884. The average molecular weight is 486 g/mol. The van der Waals surface area contributed by atoms with Gasteiger partial charge in [0.15, 0.2) is 0 Å². The number of rotatable bonds is 8. The van der Waals surface area contributed by atoms with Crippen molar-refractivity contribution >= 4 is 15.9 Å². The predicted octanol–water partition coefficient (Wildman–Crippen LogP) is 3.92. The number of furan rings is 1. The Morgan fingerprint density at radius 1 is 1.09 bits per heavy atom. The van der Waals surface area contributed by atoms with Gasteiger partial charge in [0.1, 0.15) is 5.76 Å². The Hall–Kier alpha value is -2.16. The highest BCUT2D eigenvalue weighted by Gasteiger charge is 2.54. The van der Waals surface area contributed by atoms with Gasteiger partial charge in [0.05, 0.1) is 24.2 Å². The molecule has 1 aromatic carbocycles. The van der Waals surface area contributed by atoms with Gasteiger partial charge in [-0.25, -0.2) is 13.6 Å². The second kappa shape index (κ2) is 8.81. The van der Waals surface area contributed by atoms with Crippen LogP contribution in [-0.4, -0.2) is 43.3 Å². The van der Waals surface area contributed by atoms with E-state index in [0.717, 1.165) is 48.3 Å². The van der Waals surface area contributed by atoms with Crippen molar-refractivity contribution in [3.8, 4) is 0 Å². The van der Waals surface area contributed by atoms with Crippen LogP contribution in [0.2, 0.25) is 0 Å². The Morgan fingerprint density at radius 3 is 2.18 bits per heavy atom. The summed E-state index contributed by atoms with van der Waals surface area (Å²) in [4.78, 5) is 18.1. The Morgan fingerprint density at radius 2 is 1.68 bits per heavy atom. The molecular formula is C26H35N3O4S. The molecule has 2 N–H and O–H groups in total. The van der Waals surface area contributed by atoms with E-state index in [1.54, 1.807) is 18.4 Å². The molecule has 8 heteroatoms. The molecule has 184 valence electrons. The molecule has 2 aromatic rings. The molecule has 4 fully saturated rings. The van der Waals surface area contributed by atoms with E-state index >= 15 is 0 Å². The minimum atomic E-state index is -3.73. The van der Waals surface area contributed by atoms with Gasteiger partial charge in [-0.2, -0.15) is 0 Å². The quantitative estimate of drug-likeness (QED) is 0.611. The van der Waals surface area contributed by atoms with Gasteiger partial charge in [-0.3, -0.25) is 9.69 Å². The third-order valence-corrected chi connectivity index (χ3v) is 9.44. The van der Waals surface area contributed by atoms with Crippen molar-refractivity contribution in [3.63, 3.8) is 0 Å². The van der Waals surface area contributed by atoms with Gasteiger partial charge in [0.25, 0.3) is 0 Å². The first-order chi connectivity index (χ1) is 16.1. The Labute approximate surface area is 202 Å². The summed E-state index contributed by atoms with van der Waals surface area (Å²) in [5.74, 6) is 3.19. The molecular weight excluding hydrogens is 450 g/mol. The van der Waals surface area contributed by atoms with Gasteiger partial charge in [0.2, 0.25) is 15.9 Å². The number of amides is 1. The lowest BCUT2D eigenvalue weighted by atomic mass is 9.52. The van der Waals surface area contributed by atoms with Crippen molar-refractivity contribution in [1.82, 2.24) is 9.80 Å². The SMILES string of the molecule is C[C@H](c1ccc(S(N)(=O)=O)cc1)N(C)CC(=O)N(Cc1ccco1)C12CC3CC(CC(C3)C1)C2. The van der Waals surface area contributed by atoms with Crippen LogP contribution in [-0.2, 0) is 21.4 Å². The summed E-state index contributed by atoms with van der Waals surface area (Å²) < 4.78 is 28.8. The van der Waals surface area contributed by atoms with Crippen molar-refractivity contribution < 1.29 is 17.6 Å². The normalized spacial score (nSPS) is 28.9. The molecule has 1 atom stereocenters. The highest BCUT2D eigenvalue weighted by atomic mass is 32.2. The number of carbonyl (C=O) groups excluding carboxylic acids is 1. The summed E-state index contributed by atoms with van der Waals surface area (Å²) in [6, 6.07) is 10.4. The van der Waals surface area contributed by atoms with Crippen molar-refractivity contribution in [3.05, 3.63) is 54.0 Å². The molecule has 4 aliphatic rings. The Balaban J connectivity index is 1.34. The topological polar surface area (TPSA) is 96.8 Å². The molecule has 7 nitrogen and oxygen atoms in total. The zero-order chi connectivity index (χ0) is 24.1. The molecule has 4 saturated carbocycles. The largest absolute Gasteiger partial charge is 0.467 e. The third-order valence-electron chi connectivity index (χ3n) is 8.51. The minimum Gasteiger partial charge on any atom is -0.467 e. The zero-order valence-electron chi connectivity index (χ0n) is 20.0. The van der Waals surface area contributed by atoms with Gasteiger partial charge in [-0.05, 0) is 100 Å². The second-order valence-electron chi connectivity index (χ2n) is 10.9. The molecule has 0 spiro atoms. The lowest BCUT2D eigenvalue weighted by Crippen LogP contribution is -2.62. The van der Waals surface area contributed by atoms with Crippen LogP contribution in [0.4, 0.5) is 0 Å². The number of nitrogens with zero attached hydrogens (tertiary/aromatic N) is 2. The van der Waals surface area contributed by atoms with Crippen molar-refractivity contribution in [2.75, 3.05) is 13.6 Å². The molecule has 4 bridgehead atoms. The summed E-state index contributed by atoms with van der Waals surface area (Å²) in [7, 11) is -1.78. The Bertz CT molecular complexity index is 1090. The van der Waals surface area contributed by atoms with E-state index in [0.29, 0.717) is 13.1 Å². The van der Waals surface area contributed by atoms with Crippen LogP contribution in [0.15, 0.2) is 52.0 Å². The zero-order valence-corrected chi connectivity index (χ0v) is 20.8. The van der Waals surface area contributed by atoms with Crippen LogP contribution in [0.5, 0.6) is 0 Å². The van der Waals surface area contributed by atoms with E-state index in [9.17, 15) is 13.2 Å². The fourth-order valence-electron chi connectivity index (χ4n) is 7.10. The Kier molecular flexibility index (Phi) is 6.11. The van der Waals surface area contributed by atoms with Crippen molar-refractivity contribution in [1.29, 1.82) is 0 Å². The lowest BCUT2D eigenvalue weighted by Gasteiger charge is -2.60. The third kappa shape index (κ3) is 4.55. The van der Waals surface area contributed by atoms with Crippen LogP contribution in [0.1, 0.15) is 62.8 Å². The first-order valence-corrected chi connectivity index (χ1v) is 13.8. The standard InChI is InChI=1S/C26H35N3O4S/c1-18(22-5-7-24(8-6-22)34(27,31)32)28(2)17-25(30)29(16-23-4-3-9-33-23)26-13-19-10-20(14-26)12-21(11-19)15-26/h3-9,18-21H,10-17H2,1-2H3,(H2,27,31,32)/t18-,19?,20?,21?,26?/m1/s1. The van der Waals surface area contributed by atoms with Crippen LogP contribution in [0.25, 0.3) is 0 Å². The maximum Gasteiger partial charge on any atom is 0.238 e. The first-order valence-electron chi connectivity index (χ1n) is 12.3. The minimum absolute atomic E-state index is 0.0553. The van der Waals surface area contributed by atoms with Gasteiger partial charge in [0, 0.05) is 11.6 Å².